The van der Waals surface area contributed by atoms with Crippen molar-refractivity contribution in [2.24, 2.45) is 0 Å². The third-order valence-electron chi connectivity index (χ3n) is 5.48. The van der Waals surface area contributed by atoms with Gasteiger partial charge in [0.15, 0.2) is 0 Å². The first-order valence-electron chi connectivity index (χ1n) is 10.4. The Hall–Kier alpha value is -2.54. The number of nitriles is 1. The van der Waals surface area contributed by atoms with Gasteiger partial charge in [0, 0.05) is 38.2 Å². The largest absolute Gasteiger partial charge is 0.467 e. The lowest BCUT2D eigenvalue weighted by atomic mass is 9.89. The summed E-state index contributed by atoms with van der Waals surface area (Å²) < 4.78 is 11.3. The standard InChI is InChI=1S/C22H27N5O3S/c1-22(2)10-16-17(11-23)21(31-14-19(28)25-12-15-4-3-9-29-15)26-20(18(16)13-30-22)27-7-5-24-6-8-27/h3-4,9,24H,5-8,10,12-14H2,1-2H3,(H,25,28). The number of nitrogens with zero attached hydrogens (tertiary/aromatic N) is 3. The molecule has 0 atom stereocenters. The van der Waals surface area contributed by atoms with Crippen LogP contribution in [0.4, 0.5) is 5.82 Å². The lowest BCUT2D eigenvalue weighted by Gasteiger charge is -2.37. The molecule has 0 saturated carbocycles. The molecule has 31 heavy (non-hydrogen) atoms. The molecule has 2 aromatic rings. The molecule has 4 rings (SSSR count). The highest BCUT2D eigenvalue weighted by molar-refractivity contribution is 8.00. The van der Waals surface area contributed by atoms with Crippen molar-refractivity contribution in [3.8, 4) is 6.07 Å². The first-order valence-corrected chi connectivity index (χ1v) is 11.4. The van der Waals surface area contributed by atoms with Gasteiger partial charge in [-0.2, -0.15) is 5.26 Å². The number of fused-ring (bicyclic) bond motifs is 1. The number of amides is 1. The number of carbonyl (C=O) groups excluding carboxylic acids is 1. The normalized spacial score (nSPS) is 17.6. The number of aromatic nitrogens is 1. The van der Waals surface area contributed by atoms with E-state index in [2.05, 4.69) is 21.6 Å². The number of ether oxygens (including phenoxy) is 1. The van der Waals surface area contributed by atoms with Crippen molar-refractivity contribution in [3.63, 3.8) is 0 Å². The van der Waals surface area contributed by atoms with Gasteiger partial charge in [0.1, 0.15) is 22.7 Å². The number of furan rings is 1. The summed E-state index contributed by atoms with van der Waals surface area (Å²) in [6, 6.07) is 5.96. The van der Waals surface area contributed by atoms with Gasteiger partial charge in [0.05, 0.1) is 36.3 Å². The molecule has 1 amide bonds. The maximum atomic E-state index is 12.4. The second kappa shape index (κ2) is 9.30. The Morgan fingerprint density at radius 3 is 2.90 bits per heavy atom. The van der Waals surface area contributed by atoms with Crippen LogP contribution in [0.1, 0.15) is 36.3 Å². The molecule has 1 saturated heterocycles. The summed E-state index contributed by atoms with van der Waals surface area (Å²) in [7, 11) is 0. The van der Waals surface area contributed by atoms with Crippen LogP contribution in [0.5, 0.6) is 0 Å². The van der Waals surface area contributed by atoms with Gasteiger partial charge in [-0.1, -0.05) is 11.8 Å². The Balaban J connectivity index is 1.58. The first-order chi connectivity index (χ1) is 15.0. The first kappa shape index (κ1) is 21.7. The van der Waals surface area contributed by atoms with E-state index in [0.29, 0.717) is 35.9 Å². The Morgan fingerprint density at radius 2 is 2.19 bits per heavy atom. The minimum absolute atomic E-state index is 0.128. The van der Waals surface area contributed by atoms with Gasteiger partial charge < -0.3 is 24.7 Å². The average molecular weight is 442 g/mol. The van der Waals surface area contributed by atoms with Crippen LogP contribution in [-0.2, 0) is 29.1 Å². The van der Waals surface area contributed by atoms with E-state index in [1.54, 1.807) is 12.3 Å². The number of anilines is 1. The fraction of sp³-hybridized carbons (Fsp3) is 0.500. The van der Waals surface area contributed by atoms with E-state index in [1.165, 1.54) is 11.8 Å². The van der Waals surface area contributed by atoms with Gasteiger partial charge in [0.2, 0.25) is 5.91 Å². The van der Waals surface area contributed by atoms with E-state index >= 15 is 0 Å². The summed E-state index contributed by atoms with van der Waals surface area (Å²) in [6.07, 6.45) is 2.22. The van der Waals surface area contributed by atoms with Crippen molar-refractivity contribution < 1.29 is 13.9 Å². The van der Waals surface area contributed by atoms with E-state index in [0.717, 1.165) is 43.1 Å². The Morgan fingerprint density at radius 1 is 1.39 bits per heavy atom. The summed E-state index contributed by atoms with van der Waals surface area (Å²) in [5, 5.41) is 16.8. The van der Waals surface area contributed by atoms with Crippen LogP contribution in [0.15, 0.2) is 27.8 Å². The van der Waals surface area contributed by atoms with Gasteiger partial charge in [-0.15, -0.1) is 0 Å². The van der Waals surface area contributed by atoms with Crippen molar-refractivity contribution >= 4 is 23.5 Å². The van der Waals surface area contributed by atoms with Gasteiger partial charge in [0.25, 0.3) is 0 Å². The number of pyridine rings is 1. The number of thioether (sulfide) groups is 1. The molecule has 0 aliphatic carbocycles. The van der Waals surface area contributed by atoms with Crippen molar-refractivity contribution in [1.82, 2.24) is 15.6 Å². The second-order valence-electron chi connectivity index (χ2n) is 8.29. The van der Waals surface area contributed by atoms with E-state index < -0.39 is 0 Å². The molecule has 0 bridgehead atoms. The third kappa shape index (κ3) is 5.03. The van der Waals surface area contributed by atoms with Crippen LogP contribution in [-0.4, -0.2) is 48.4 Å². The number of hydrogen-bond donors (Lipinski definition) is 2. The van der Waals surface area contributed by atoms with Crippen LogP contribution in [0, 0.1) is 11.3 Å². The van der Waals surface area contributed by atoms with Crippen molar-refractivity contribution in [2.45, 2.75) is 44.0 Å². The molecule has 2 aliphatic rings. The van der Waals surface area contributed by atoms with Gasteiger partial charge >= 0.3 is 0 Å². The molecule has 164 valence electrons. The molecule has 8 nitrogen and oxygen atoms in total. The van der Waals surface area contributed by atoms with E-state index in [1.807, 2.05) is 19.9 Å². The fourth-order valence-corrected chi connectivity index (χ4v) is 4.70. The Bertz CT molecular complexity index is 978. The maximum Gasteiger partial charge on any atom is 0.230 e. The molecule has 1 fully saturated rings. The molecular formula is C22H27N5O3S. The van der Waals surface area contributed by atoms with Crippen LogP contribution < -0.4 is 15.5 Å². The van der Waals surface area contributed by atoms with Crippen LogP contribution >= 0.6 is 11.8 Å². The number of rotatable bonds is 6. The van der Waals surface area contributed by atoms with Gasteiger partial charge in [-0.05, 0) is 31.5 Å². The summed E-state index contributed by atoms with van der Waals surface area (Å²) in [6.45, 7) is 8.34. The molecule has 0 unspecified atom stereocenters. The number of hydrogen-bond acceptors (Lipinski definition) is 8. The zero-order chi connectivity index (χ0) is 21.8. The molecule has 9 heteroatoms. The minimum atomic E-state index is -0.344. The van der Waals surface area contributed by atoms with Crippen LogP contribution in [0.2, 0.25) is 0 Å². The van der Waals surface area contributed by atoms with Gasteiger partial charge in [-0.3, -0.25) is 4.79 Å². The second-order valence-corrected chi connectivity index (χ2v) is 9.26. The summed E-state index contributed by atoms with van der Waals surface area (Å²) in [5.74, 6) is 1.63. The van der Waals surface area contributed by atoms with E-state index in [4.69, 9.17) is 14.1 Å². The highest BCUT2D eigenvalue weighted by Gasteiger charge is 2.33. The zero-order valence-corrected chi connectivity index (χ0v) is 18.7. The monoisotopic (exact) mass is 441 g/mol. The predicted octanol–water partition coefficient (Wildman–Crippen LogP) is 2.22. The quantitative estimate of drug-likeness (QED) is 0.658. The summed E-state index contributed by atoms with van der Waals surface area (Å²) in [4.78, 5) is 19.5. The Kier molecular flexibility index (Phi) is 6.51. The van der Waals surface area contributed by atoms with Crippen LogP contribution in [0.3, 0.4) is 0 Å². The number of carbonyl (C=O) groups is 1. The molecule has 0 radical (unpaired) electrons. The van der Waals surface area contributed by atoms with E-state index in [-0.39, 0.29) is 17.3 Å². The zero-order valence-electron chi connectivity index (χ0n) is 17.9. The highest BCUT2D eigenvalue weighted by atomic mass is 32.2. The number of nitrogens with one attached hydrogen (secondary N) is 2. The number of piperazine rings is 1. The van der Waals surface area contributed by atoms with Crippen molar-refractivity contribution in [1.29, 1.82) is 5.26 Å². The molecule has 0 aromatic carbocycles. The lowest BCUT2D eigenvalue weighted by molar-refractivity contribution is -0.118. The van der Waals surface area contributed by atoms with Crippen LogP contribution in [0.25, 0.3) is 0 Å². The van der Waals surface area contributed by atoms with Gasteiger partial charge in [-0.25, -0.2) is 4.98 Å². The molecule has 2 aromatic heterocycles. The van der Waals surface area contributed by atoms with Crippen molar-refractivity contribution in [3.05, 3.63) is 40.8 Å². The highest BCUT2D eigenvalue weighted by Crippen LogP contribution is 2.38. The smallest absolute Gasteiger partial charge is 0.230 e. The SMILES string of the molecule is CC1(C)Cc2c(C#N)c(SCC(=O)NCc3ccco3)nc(N3CCNCC3)c2CO1. The minimum Gasteiger partial charge on any atom is -0.467 e. The predicted molar refractivity (Wildman–Crippen MR) is 118 cm³/mol. The summed E-state index contributed by atoms with van der Waals surface area (Å²) in [5.41, 5.74) is 2.22. The molecule has 2 aliphatic heterocycles. The molecule has 0 spiro atoms. The maximum absolute atomic E-state index is 12.4. The molecule has 2 N–H and O–H groups in total. The lowest BCUT2D eigenvalue weighted by Crippen LogP contribution is -2.45. The van der Waals surface area contributed by atoms with E-state index in [9.17, 15) is 10.1 Å². The average Bonchev–Trinajstić information content (AvgIpc) is 3.29. The fourth-order valence-electron chi connectivity index (χ4n) is 3.87. The Labute approximate surface area is 186 Å². The molecular weight excluding hydrogens is 414 g/mol. The van der Waals surface area contributed by atoms with Crippen molar-refractivity contribution in [2.75, 3.05) is 36.8 Å². The summed E-state index contributed by atoms with van der Waals surface area (Å²) >= 11 is 1.31. The topological polar surface area (TPSA) is 103 Å². The molecule has 4 heterocycles. The third-order valence-corrected chi connectivity index (χ3v) is 6.45.